The Balaban J connectivity index is 0.000000170. The molecule has 17 rings (SSSR count). The Bertz CT molecular complexity index is 7070. The number of phenols is 10. The fraction of sp³-hybridized carbons (Fsp3) is 0.0745. The van der Waals surface area contributed by atoms with Crippen molar-refractivity contribution in [3.8, 4) is 138 Å². The van der Waals surface area contributed by atoms with Gasteiger partial charge in [-0.15, -0.1) is 42.2 Å². The number of aryl methyl sites for hydroxylation is 2. The SMILES string of the molecule is CC#N.Cc1ccc(-c2nnc(CCl)o2)cc1.Cc1ccc(-c2nnc(CSc3nnc(-c4cc(O)cc(O)c4)n3-c3ccccc3Cl)o2)cc1.NCC(=O)c1cc(O)cc(O)c1.O=C(CNC(=S)Nc1ccccc1Cl)c1cc(O)cc(O)c1.Oc1cc(O)cc(-c2n[nH]c(=S)n2-c2ccccc2Cl)c1.Oc1cc(O)cc(-c2n[nH]c(=S)n2-c2ccccc2Cl)c1.S=C=Nc1ccccc1Cl. The van der Waals surface area contributed by atoms with E-state index >= 15 is 0 Å². The lowest BCUT2D eigenvalue weighted by Gasteiger charge is -2.12. The summed E-state index contributed by atoms with van der Waals surface area (Å²) in [5, 5.41) is 152. The zero-order valence-corrected chi connectivity index (χ0v) is 80.1. The predicted molar refractivity (Wildman–Crippen MR) is 539 cm³/mol. The molecule has 0 amide bonds. The maximum atomic E-state index is 12.0. The molecule has 5 aromatic heterocycles. The number of benzene rings is 12. The monoisotopic (exact) mass is 2050 g/mol. The summed E-state index contributed by atoms with van der Waals surface area (Å²) in [4.78, 5) is 26.7. The van der Waals surface area contributed by atoms with Gasteiger partial charge in [-0.3, -0.25) is 33.5 Å². The molecule has 12 aromatic carbocycles. The lowest BCUT2D eigenvalue weighted by molar-refractivity contribution is 0.0990. The van der Waals surface area contributed by atoms with E-state index in [-0.39, 0.29) is 104 Å². The fourth-order valence-corrected chi connectivity index (χ4v) is 14.5. The van der Waals surface area contributed by atoms with Gasteiger partial charge in [-0.2, -0.15) is 20.5 Å². The van der Waals surface area contributed by atoms with Crippen LogP contribution in [0.2, 0.25) is 25.1 Å². The van der Waals surface area contributed by atoms with E-state index < -0.39 is 0 Å². The second kappa shape index (κ2) is 51.0. The van der Waals surface area contributed by atoms with Crippen LogP contribution in [0.5, 0.6) is 57.5 Å². The molecule has 43 heteroatoms. The first-order valence-electron chi connectivity index (χ1n) is 39.6. The van der Waals surface area contributed by atoms with Gasteiger partial charge in [0, 0.05) is 76.2 Å². The summed E-state index contributed by atoms with van der Waals surface area (Å²) in [6.07, 6.45) is 0. The molecular weight excluding hydrogens is 1980 g/mol. The number of nitrogens with zero attached hydrogens (tertiary/aromatic N) is 13. The normalized spacial score (nSPS) is 10.3. The van der Waals surface area contributed by atoms with Crippen molar-refractivity contribution in [2.24, 2.45) is 10.7 Å². The average molecular weight is 2050 g/mol. The van der Waals surface area contributed by atoms with E-state index in [1.54, 1.807) is 86.5 Å². The van der Waals surface area contributed by atoms with Crippen molar-refractivity contribution in [2.75, 3.05) is 18.4 Å². The third kappa shape index (κ3) is 30.3. The highest BCUT2D eigenvalue weighted by Gasteiger charge is 2.23. The number of aromatic amines is 2. The topological polar surface area (TPSA) is 498 Å². The van der Waals surface area contributed by atoms with E-state index in [0.29, 0.717) is 132 Å². The lowest BCUT2D eigenvalue weighted by atomic mass is 10.1. The van der Waals surface area contributed by atoms with Crippen LogP contribution in [0.3, 0.4) is 0 Å². The maximum absolute atomic E-state index is 12.0. The molecule has 16 N–H and O–H groups in total. The van der Waals surface area contributed by atoms with Gasteiger partial charge in [0.1, 0.15) is 63.4 Å². The number of halogens is 6. The van der Waals surface area contributed by atoms with Gasteiger partial charge in [0.2, 0.25) is 23.6 Å². The largest absolute Gasteiger partial charge is 0.508 e. The number of thioether (sulfide) groups is 1. The number of nitrogens with two attached hydrogens (primary N) is 1. The summed E-state index contributed by atoms with van der Waals surface area (Å²) in [5.74, 6) is 2.00. The number of aromatic hydroxyl groups is 10. The Morgan fingerprint density at radius 1 is 0.460 bits per heavy atom. The number of aliphatic imine (C=N–C) groups is 1. The first-order chi connectivity index (χ1) is 65.7. The number of H-pyrrole nitrogens is 2. The molecule has 0 bridgehead atoms. The summed E-state index contributed by atoms with van der Waals surface area (Å²) >= 11 is 57.5. The first kappa shape index (κ1) is 104. The Kier molecular flexibility index (Phi) is 38.8. The third-order valence-electron chi connectivity index (χ3n) is 17.9. The number of phenolic OH excluding ortho intramolecular Hbond substituents is 10. The van der Waals surface area contributed by atoms with Crippen LogP contribution in [-0.4, -0.2) is 151 Å². The van der Waals surface area contributed by atoms with Crippen molar-refractivity contribution in [2.45, 2.75) is 37.6 Å². The molecule has 0 saturated heterocycles. The lowest BCUT2D eigenvalue weighted by Crippen LogP contribution is -2.33. The van der Waals surface area contributed by atoms with Crippen molar-refractivity contribution >= 4 is 163 Å². The molecule has 0 spiro atoms. The number of nitriles is 1. The van der Waals surface area contributed by atoms with E-state index in [9.17, 15) is 50.4 Å². The smallest absolute Gasteiger partial charge is 0.247 e. The molecule has 0 fully saturated rings. The van der Waals surface area contributed by atoms with E-state index in [0.717, 1.165) is 28.8 Å². The second-order valence-electron chi connectivity index (χ2n) is 27.9. The van der Waals surface area contributed by atoms with Gasteiger partial charge in [0.05, 0.1) is 83.6 Å². The number of hydrogen-bond acceptors (Lipinski definition) is 30. The Labute approximate surface area is 835 Å². The Hall–Kier alpha value is -14.9. The van der Waals surface area contributed by atoms with E-state index in [1.165, 1.54) is 103 Å². The van der Waals surface area contributed by atoms with Crippen molar-refractivity contribution in [1.29, 1.82) is 5.26 Å². The number of anilines is 1. The van der Waals surface area contributed by atoms with Gasteiger partial charge in [-0.25, -0.2) is 0 Å². The zero-order chi connectivity index (χ0) is 98.9. The number of carbonyl (C=O) groups excluding carboxylic acids is 2. The number of hydrogen-bond donors (Lipinski definition) is 15. The molecule has 32 nitrogen and oxygen atoms in total. The van der Waals surface area contributed by atoms with Crippen LogP contribution in [0.4, 0.5) is 11.4 Å². The summed E-state index contributed by atoms with van der Waals surface area (Å²) in [5.41, 5.74) is 14.4. The summed E-state index contributed by atoms with van der Waals surface area (Å²) in [6, 6.07) is 73.5. The Morgan fingerprint density at radius 2 is 0.818 bits per heavy atom. The van der Waals surface area contributed by atoms with Gasteiger partial charge in [0.25, 0.3) is 0 Å². The molecular formula is C94H76Cl6N18O14S5. The number of para-hydroxylation sites is 5. The third-order valence-corrected chi connectivity index (χ3v) is 21.5. The molecule has 0 aliphatic rings. The first-order valence-corrected chi connectivity index (χ1v) is 44.7. The van der Waals surface area contributed by atoms with Crippen molar-refractivity contribution in [1.82, 2.24) is 70.0 Å². The second-order valence-corrected chi connectivity index (χ2v) is 32.5. The summed E-state index contributed by atoms with van der Waals surface area (Å²) < 4.78 is 16.9. The van der Waals surface area contributed by atoms with Crippen LogP contribution in [-0.2, 0) is 11.6 Å². The molecule has 0 radical (unpaired) electrons. The fourth-order valence-electron chi connectivity index (χ4n) is 11.9. The van der Waals surface area contributed by atoms with Crippen LogP contribution in [0.1, 0.15) is 50.5 Å². The molecule has 698 valence electrons. The minimum Gasteiger partial charge on any atom is -0.508 e. The number of thiocarbonyl (C=S) groups is 2. The highest BCUT2D eigenvalue weighted by atomic mass is 35.5. The summed E-state index contributed by atoms with van der Waals surface area (Å²) in [7, 11) is 0. The van der Waals surface area contributed by atoms with Crippen LogP contribution >= 0.6 is 130 Å². The number of rotatable bonds is 19. The molecule has 0 saturated carbocycles. The molecule has 0 unspecified atom stereocenters. The average Bonchev–Trinajstić information content (AvgIpc) is 1.62. The Morgan fingerprint density at radius 3 is 1.20 bits per heavy atom. The number of Topliss-reactive ketones (excluding diaryl/α,β-unsaturated/α-hetero) is 2. The van der Waals surface area contributed by atoms with Crippen LogP contribution in [0.15, 0.2) is 280 Å². The zero-order valence-electron chi connectivity index (χ0n) is 71.5. The van der Waals surface area contributed by atoms with Crippen molar-refractivity contribution < 1.29 is 69.5 Å². The highest BCUT2D eigenvalue weighted by Crippen LogP contribution is 2.39. The maximum Gasteiger partial charge on any atom is 0.247 e. The van der Waals surface area contributed by atoms with Gasteiger partial charge in [0.15, 0.2) is 48.9 Å². The number of nitrogens with one attached hydrogen (secondary N) is 4. The standard InChI is InChI=1S/C24H18ClN5O3S.C15H13ClN2O3S.2C14H10ClN3O2S.C10H9ClN2O.C8H9NO3.C7H4ClNS.C2H3N/c1-14-6-8-15(9-7-14)23-28-26-21(33-23)13-34-24-29-27-22(16-10-17(31)12-18(32)11-16)30(24)20-5-3-2-4-19(20)25;16-12-3-1-2-4-13(12)18-15(22)17-8-14(21)9-5-10(19)7-11(20)6-9;2*15-11-3-1-2-4-12(11)18-13(16-17-14(18)21)8-5-9(19)7-10(20)6-8;1-7-2-4-8(5-3-7)10-13-12-9(6-11)14-10;9-4-8(12)5-1-6(10)3-7(11)2-5;8-6-3-1-2-4-7(6)9-5-10;1-2-3/h2-12,31-32H,13H2,1H3;1-7,19-20H,8H2,(H2,17,18,22);2*1-7,19-20H,(H,17,21);2-5H,6H2,1H3;1-3,10-11H,4,9H2;1-4H;1H3. The summed E-state index contributed by atoms with van der Waals surface area (Å²) in [6.45, 7) is 5.26. The molecule has 137 heavy (non-hydrogen) atoms. The van der Waals surface area contributed by atoms with Crippen LogP contribution < -0.4 is 16.4 Å². The minimum absolute atomic E-state index is 0.0652. The number of aromatic nitrogens is 13. The van der Waals surface area contributed by atoms with E-state index in [1.807, 2.05) is 117 Å². The molecule has 5 heterocycles. The van der Waals surface area contributed by atoms with Gasteiger partial charge in [-0.1, -0.05) is 166 Å². The number of ketones is 2. The van der Waals surface area contributed by atoms with E-state index in [4.69, 9.17) is 136 Å². The molecule has 0 aliphatic carbocycles. The van der Waals surface area contributed by atoms with Crippen LogP contribution in [0.25, 0.3) is 74.1 Å². The minimum atomic E-state index is -0.325. The quantitative estimate of drug-likeness (QED) is 0.0118. The molecule has 17 aromatic rings. The van der Waals surface area contributed by atoms with Crippen molar-refractivity contribution in [3.05, 3.63) is 330 Å². The number of carbonyl (C=O) groups is 2. The van der Waals surface area contributed by atoms with E-state index in [2.05, 4.69) is 84.0 Å². The molecule has 0 aliphatic heterocycles. The number of isothiocyanates is 1. The molecule has 0 atom stereocenters. The predicted octanol–water partition coefficient (Wildman–Crippen LogP) is 22.5. The highest BCUT2D eigenvalue weighted by molar-refractivity contribution is 7.98. The number of alkyl halides is 1. The van der Waals surface area contributed by atoms with Crippen molar-refractivity contribution in [3.63, 3.8) is 0 Å². The van der Waals surface area contributed by atoms with Gasteiger partial charge < -0.3 is 76.3 Å². The van der Waals surface area contributed by atoms with Gasteiger partial charge in [-0.05, 0) is 208 Å². The van der Waals surface area contributed by atoms with Crippen LogP contribution in [0, 0.1) is 34.7 Å². The van der Waals surface area contributed by atoms with Gasteiger partial charge >= 0.3 is 0 Å².